The summed E-state index contributed by atoms with van der Waals surface area (Å²) < 4.78 is 38.6. The highest BCUT2D eigenvalue weighted by molar-refractivity contribution is 6.36. The molecule has 2 aromatic carbocycles. The first-order valence-electron chi connectivity index (χ1n) is 12.3. The second-order valence-electron chi connectivity index (χ2n) is 8.96. The lowest BCUT2D eigenvalue weighted by Crippen LogP contribution is -2.13. The van der Waals surface area contributed by atoms with Crippen molar-refractivity contribution in [2.75, 3.05) is 10.6 Å². The number of hydrogen-bond acceptors (Lipinski definition) is 7. The second kappa shape index (κ2) is 10.1. The highest BCUT2D eigenvalue weighted by atomic mass is 35.5. The van der Waals surface area contributed by atoms with Gasteiger partial charge in [0.05, 0.1) is 58.3 Å². The zero-order valence-corrected chi connectivity index (χ0v) is 21.5. The molecule has 5 aromatic rings. The van der Waals surface area contributed by atoms with Crippen LogP contribution in [0.15, 0.2) is 61.1 Å². The van der Waals surface area contributed by atoms with Crippen molar-refractivity contribution >= 4 is 51.2 Å². The van der Waals surface area contributed by atoms with Gasteiger partial charge < -0.3 is 10.6 Å². The van der Waals surface area contributed by atoms with E-state index in [9.17, 15) is 15.4 Å². The molecular weight excluding hydrogens is 545 g/mol. The Labute approximate surface area is 232 Å². The molecule has 39 heavy (non-hydrogen) atoms. The highest BCUT2D eigenvalue weighted by Crippen LogP contribution is 2.38. The molecule has 0 amide bonds. The third-order valence-corrected chi connectivity index (χ3v) is 6.75. The van der Waals surface area contributed by atoms with Crippen LogP contribution in [-0.4, -0.2) is 25.0 Å². The lowest BCUT2D eigenvalue weighted by atomic mass is 10.0. The van der Waals surface area contributed by atoms with Gasteiger partial charge in [-0.1, -0.05) is 40.5 Å². The predicted molar refractivity (Wildman–Crippen MR) is 144 cm³/mol. The van der Waals surface area contributed by atoms with Crippen molar-refractivity contribution in [2.45, 2.75) is 24.9 Å². The van der Waals surface area contributed by atoms with Crippen LogP contribution in [0.4, 0.5) is 25.8 Å². The zero-order chi connectivity index (χ0) is 28.0. The fraction of sp³-hybridized carbons (Fsp3) is 0.148. The van der Waals surface area contributed by atoms with Gasteiger partial charge in [0.25, 0.3) is 0 Å². The molecule has 12 heteroatoms. The first-order valence-corrected chi connectivity index (χ1v) is 12.6. The smallest absolute Gasteiger partial charge is 0.231 e. The van der Waals surface area contributed by atoms with Crippen molar-refractivity contribution in [3.63, 3.8) is 0 Å². The Hall–Kier alpha value is -4.33. The molecule has 2 N–H and O–H groups in total. The lowest BCUT2D eigenvalue weighted by molar-refractivity contribution is 0.584. The summed E-state index contributed by atoms with van der Waals surface area (Å²) in [4.78, 5) is 7.96. The lowest BCUT2D eigenvalue weighted by Gasteiger charge is -2.20. The first kappa shape index (κ1) is 23.8. The molecule has 0 aliphatic heterocycles. The molecule has 8 nitrogen and oxygen atoms in total. The van der Waals surface area contributed by atoms with E-state index in [1.54, 1.807) is 23.0 Å². The maximum absolute atomic E-state index is 13.8. The van der Waals surface area contributed by atoms with Gasteiger partial charge in [0.15, 0.2) is 0 Å². The van der Waals surface area contributed by atoms with E-state index < -0.39 is 17.8 Å². The molecule has 0 spiro atoms. The van der Waals surface area contributed by atoms with E-state index in [4.69, 9.17) is 23.2 Å². The molecule has 3 aromatic heterocycles. The minimum absolute atomic E-state index is 0.184. The quantitative estimate of drug-likeness (QED) is 0.206. The zero-order valence-electron chi connectivity index (χ0n) is 21.0. The molecule has 6 rings (SSSR count). The molecule has 0 saturated heterocycles. The van der Waals surface area contributed by atoms with Gasteiger partial charge in [-0.3, -0.25) is 4.98 Å². The molecule has 1 atom stereocenters. The number of nitriles is 1. The van der Waals surface area contributed by atoms with Gasteiger partial charge >= 0.3 is 0 Å². The number of pyridine rings is 2. The van der Waals surface area contributed by atoms with Crippen molar-refractivity contribution in [2.24, 2.45) is 0 Å². The summed E-state index contributed by atoms with van der Waals surface area (Å²) in [5.41, 5.74) is 2.35. The number of aromatic nitrogens is 5. The summed E-state index contributed by atoms with van der Waals surface area (Å²) >= 11 is 12.5. The highest BCUT2D eigenvalue weighted by Gasteiger charge is 2.27. The summed E-state index contributed by atoms with van der Waals surface area (Å²) in [7, 11) is 0. The minimum atomic E-state index is -1.68. The van der Waals surface area contributed by atoms with Gasteiger partial charge in [-0.2, -0.15) is 9.65 Å². The topological polar surface area (TPSA) is 104 Å². The monoisotopic (exact) mass is 563 g/mol. The number of hydrogen-bond donors (Lipinski definition) is 2. The Morgan fingerprint density at radius 2 is 1.82 bits per heavy atom. The minimum Gasteiger partial charge on any atom is -0.373 e. The van der Waals surface area contributed by atoms with Gasteiger partial charge in [-0.15, -0.1) is 5.10 Å². The molecule has 0 radical (unpaired) electrons. The molecule has 194 valence electrons. The van der Waals surface area contributed by atoms with Gasteiger partial charge in [0.2, 0.25) is 5.95 Å². The van der Waals surface area contributed by atoms with Crippen molar-refractivity contribution in [1.82, 2.24) is 25.0 Å². The van der Waals surface area contributed by atoms with E-state index in [2.05, 4.69) is 37.0 Å². The average Bonchev–Trinajstić information content (AvgIpc) is 3.67. The van der Waals surface area contributed by atoms with E-state index in [1.807, 2.05) is 0 Å². The van der Waals surface area contributed by atoms with Crippen LogP contribution in [0.1, 0.15) is 43.1 Å². The predicted octanol–water partition coefficient (Wildman–Crippen LogP) is 6.96. The van der Waals surface area contributed by atoms with Crippen molar-refractivity contribution in [3.05, 3.63) is 99.7 Å². The van der Waals surface area contributed by atoms with Gasteiger partial charge in [-0.25, -0.2) is 14.1 Å². The third kappa shape index (κ3) is 5.06. The fourth-order valence-corrected chi connectivity index (χ4v) is 4.57. The van der Waals surface area contributed by atoms with Crippen molar-refractivity contribution < 1.29 is 10.2 Å². The van der Waals surface area contributed by atoms with E-state index >= 15 is 0 Å². The molecule has 1 saturated carbocycles. The van der Waals surface area contributed by atoms with Crippen LogP contribution >= 0.6 is 23.2 Å². The molecule has 3 heterocycles. The van der Waals surface area contributed by atoms with Gasteiger partial charge in [-0.05, 0) is 48.7 Å². The fourth-order valence-electron chi connectivity index (χ4n) is 4.14. The summed E-state index contributed by atoms with van der Waals surface area (Å²) in [6, 6.07) is 10.8. The van der Waals surface area contributed by atoms with E-state index in [1.165, 1.54) is 42.7 Å². The number of halogens is 4. The normalized spacial score (nSPS) is 14.9. The standard InChI is InChI=1S/C27H18Cl2F2N8/c28-21-8-17(35-25(14-1-3-16(30)4-2-14)23-13-39(38-37-23)19-5-6-19)7-20-24(15(10-32)11-33-26(20)21)36-18-9-22(29)27(31)34-12-18/h1-4,7-9,11-13,19,25,35H,5-6H2,(H,33,36)/t25-/m1/s1/i25D. The van der Waals surface area contributed by atoms with Crippen molar-refractivity contribution in [1.29, 1.82) is 5.26 Å². The van der Waals surface area contributed by atoms with E-state index in [0.29, 0.717) is 39.2 Å². The maximum atomic E-state index is 13.8. The molecular formula is C27H18Cl2F2N8. The SMILES string of the molecule is [2H][C@@](Nc1cc(Cl)c2ncc(C#N)c(Nc3cnc(F)c(Cl)c3)c2c1)(c1ccc(F)cc1)c1cn(C2CC2)nn1. The van der Waals surface area contributed by atoms with Crippen LogP contribution in [0.25, 0.3) is 10.9 Å². The van der Waals surface area contributed by atoms with Gasteiger partial charge in [0, 0.05) is 17.3 Å². The summed E-state index contributed by atoms with van der Waals surface area (Å²) in [5, 5.41) is 25.0. The summed E-state index contributed by atoms with van der Waals surface area (Å²) in [6.07, 6.45) is 6.28. The van der Waals surface area contributed by atoms with Crippen LogP contribution in [0.3, 0.4) is 0 Å². The second-order valence-corrected chi connectivity index (χ2v) is 9.77. The van der Waals surface area contributed by atoms with E-state index in [0.717, 1.165) is 12.8 Å². The van der Waals surface area contributed by atoms with Crippen LogP contribution < -0.4 is 10.6 Å². The van der Waals surface area contributed by atoms with Crippen LogP contribution in [0, 0.1) is 23.1 Å². The molecule has 1 fully saturated rings. The van der Waals surface area contributed by atoms with Crippen LogP contribution in [0.5, 0.6) is 0 Å². The maximum Gasteiger partial charge on any atom is 0.231 e. The number of fused-ring (bicyclic) bond motifs is 1. The number of nitrogens with one attached hydrogen (secondary N) is 2. The number of rotatable bonds is 7. The number of anilines is 3. The summed E-state index contributed by atoms with van der Waals surface area (Å²) in [5.74, 6) is -1.27. The van der Waals surface area contributed by atoms with Crippen LogP contribution in [-0.2, 0) is 0 Å². The number of nitrogens with zero attached hydrogens (tertiary/aromatic N) is 6. The van der Waals surface area contributed by atoms with E-state index in [-0.39, 0.29) is 21.7 Å². The number of benzene rings is 2. The Morgan fingerprint density at radius 1 is 1.05 bits per heavy atom. The molecule has 1 aliphatic carbocycles. The molecule has 1 aliphatic rings. The third-order valence-electron chi connectivity index (χ3n) is 6.20. The van der Waals surface area contributed by atoms with Crippen molar-refractivity contribution in [3.8, 4) is 6.07 Å². The Balaban J connectivity index is 1.47. The Kier molecular flexibility index (Phi) is 6.15. The Morgan fingerprint density at radius 3 is 2.54 bits per heavy atom. The molecule has 0 unspecified atom stereocenters. The molecule has 0 bridgehead atoms. The Bertz CT molecular complexity index is 1800. The first-order chi connectivity index (χ1) is 19.2. The largest absolute Gasteiger partial charge is 0.373 e. The summed E-state index contributed by atoms with van der Waals surface area (Å²) in [6.45, 7) is 0. The average molecular weight is 564 g/mol. The van der Waals surface area contributed by atoms with Gasteiger partial charge in [0.1, 0.15) is 17.6 Å². The van der Waals surface area contributed by atoms with Crippen LogP contribution in [0.2, 0.25) is 10.0 Å².